The second-order valence-corrected chi connectivity index (χ2v) is 6.37. The second kappa shape index (κ2) is 6.43. The van der Waals surface area contributed by atoms with Gasteiger partial charge in [0.25, 0.3) is 0 Å². The van der Waals surface area contributed by atoms with Gasteiger partial charge in [-0.05, 0) is 37.1 Å². The second-order valence-electron chi connectivity index (χ2n) is 5.96. The highest BCUT2D eigenvalue weighted by atomic mass is 35.5. The van der Waals surface area contributed by atoms with E-state index >= 15 is 0 Å². The van der Waals surface area contributed by atoms with Gasteiger partial charge in [-0.3, -0.25) is 0 Å². The van der Waals surface area contributed by atoms with Crippen LogP contribution < -0.4 is 0 Å². The molecule has 0 radical (unpaired) electrons. The van der Waals surface area contributed by atoms with Crippen LogP contribution in [0.15, 0.2) is 30.3 Å². The highest BCUT2D eigenvalue weighted by Crippen LogP contribution is 2.32. The number of pyridine rings is 1. The van der Waals surface area contributed by atoms with Crippen molar-refractivity contribution >= 4 is 22.6 Å². The van der Waals surface area contributed by atoms with Gasteiger partial charge in [0, 0.05) is 25.2 Å². The molecule has 5 nitrogen and oxygen atoms in total. The summed E-state index contributed by atoms with van der Waals surface area (Å²) in [4.78, 5) is 4.45. The van der Waals surface area contributed by atoms with Crippen LogP contribution in [0.5, 0.6) is 0 Å². The number of hydrogen-bond acceptors (Lipinski definition) is 4. The minimum absolute atomic E-state index is 0.0646. The zero-order valence-corrected chi connectivity index (χ0v) is 14.0. The van der Waals surface area contributed by atoms with Crippen molar-refractivity contribution in [2.24, 2.45) is 0 Å². The van der Waals surface area contributed by atoms with Gasteiger partial charge >= 0.3 is 0 Å². The summed E-state index contributed by atoms with van der Waals surface area (Å²) in [6, 6.07) is 10.1. The van der Waals surface area contributed by atoms with Crippen LogP contribution in [0.3, 0.4) is 0 Å². The van der Waals surface area contributed by atoms with Crippen LogP contribution >= 0.6 is 11.6 Å². The van der Waals surface area contributed by atoms with E-state index < -0.39 is 5.82 Å². The Morgan fingerprint density at radius 1 is 1.24 bits per heavy atom. The molecule has 1 aliphatic heterocycles. The third-order valence-corrected chi connectivity index (χ3v) is 4.73. The molecule has 0 N–H and O–H groups in total. The lowest BCUT2D eigenvalue weighted by atomic mass is 9.96. The van der Waals surface area contributed by atoms with E-state index in [0.29, 0.717) is 30.1 Å². The maximum atomic E-state index is 13.9. The highest BCUT2D eigenvalue weighted by molar-refractivity contribution is 6.30. The van der Waals surface area contributed by atoms with Crippen molar-refractivity contribution in [3.05, 3.63) is 52.6 Å². The molecule has 1 fully saturated rings. The van der Waals surface area contributed by atoms with Crippen molar-refractivity contribution in [3.63, 3.8) is 0 Å². The third-order valence-electron chi connectivity index (χ3n) is 4.42. The van der Waals surface area contributed by atoms with E-state index in [2.05, 4.69) is 11.1 Å². The van der Waals surface area contributed by atoms with Gasteiger partial charge in [0.2, 0.25) is 0 Å². The van der Waals surface area contributed by atoms with Gasteiger partial charge in [-0.1, -0.05) is 11.6 Å². The summed E-state index contributed by atoms with van der Waals surface area (Å²) in [5, 5.41) is 13.9. The van der Waals surface area contributed by atoms with Gasteiger partial charge in [-0.25, -0.2) is 14.1 Å². The van der Waals surface area contributed by atoms with Gasteiger partial charge in [-0.15, -0.1) is 0 Å². The summed E-state index contributed by atoms with van der Waals surface area (Å²) in [6.45, 7) is 1.35. The molecule has 2 aromatic heterocycles. The van der Waals surface area contributed by atoms with E-state index in [-0.39, 0.29) is 10.9 Å². The average Bonchev–Trinajstić information content (AvgIpc) is 3.03. The summed E-state index contributed by atoms with van der Waals surface area (Å²) < 4.78 is 21.0. The number of halogens is 2. The largest absolute Gasteiger partial charge is 0.381 e. The fourth-order valence-electron chi connectivity index (χ4n) is 3.14. The number of rotatable bonds is 2. The number of ether oxygens (including phenoxy) is 1. The Balaban J connectivity index is 1.92. The molecule has 4 rings (SSSR count). The normalized spacial score (nSPS) is 15.4. The molecule has 0 saturated carbocycles. The summed E-state index contributed by atoms with van der Waals surface area (Å²) in [5.74, 6) is -0.298. The first-order valence-electron chi connectivity index (χ1n) is 8.00. The first-order chi connectivity index (χ1) is 12.2. The first-order valence-corrected chi connectivity index (χ1v) is 8.38. The number of hydrogen-bond donors (Lipinski definition) is 0. The lowest BCUT2D eigenvalue weighted by Gasteiger charge is -2.20. The molecule has 0 spiro atoms. The molecule has 7 heteroatoms. The molecular formula is C18H14ClFN4O. The third kappa shape index (κ3) is 2.86. The lowest BCUT2D eigenvalue weighted by molar-refractivity contribution is 0.0846. The van der Waals surface area contributed by atoms with E-state index in [1.54, 1.807) is 22.9 Å². The van der Waals surface area contributed by atoms with Crippen molar-refractivity contribution < 1.29 is 9.13 Å². The van der Waals surface area contributed by atoms with Crippen molar-refractivity contribution in [2.45, 2.75) is 18.8 Å². The number of aromatic nitrogens is 3. The zero-order valence-electron chi connectivity index (χ0n) is 13.2. The quantitative estimate of drug-likeness (QED) is 0.696. The van der Waals surface area contributed by atoms with Crippen molar-refractivity contribution in [1.82, 2.24) is 14.8 Å². The predicted molar refractivity (Wildman–Crippen MR) is 91.3 cm³/mol. The molecule has 126 valence electrons. The highest BCUT2D eigenvalue weighted by Gasteiger charge is 2.24. The van der Waals surface area contributed by atoms with E-state index in [1.807, 2.05) is 0 Å². The fourth-order valence-corrected chi connectivity index (χ4v) is 3.26. The smallest absolute Gasteiger partial charge is 0.143 e. The predicted octanol–water partition coefficient (Wildman–Crippen LogP) is 3.98. The van der Waals surface area contributed by atoms with Crippen molar-refractivity contribution in [2.75, 3.05) is 13.2 Å². The van der Waals surface area contributed by atoms with Gasteiger partial charge in [0.05, 0.1) is 21.9 Å². The monoisotopic (exact) mass is 356 g/mol. The van der Waals surface area contributed by atoms with Crippen LogP contribution in [-0.2, 0) is 4.74 Å². The molecule has 0 unspecified atom stereocenters. The number of nitriles is 1. The Morgan fingerprint density at radius 3 is 2.76 bits per heavy atom. The minimum atomic E-state index is -0.503. The summed E-state index contributed by atoms with van der Waals surface area (Å²) >= 11 is 5.79. The van der Waals surface area contributed by atoms with Crippen LogP contribution in [0, 0.1) is 17.1 Å². The Bertz CT molecular complexity index is 989. The summed E-state index contributed by atoms with van der Waals surface area (Å²) in [5.41, 5.74) is 3.15. The first kappa shape index (κ1) is 16.0. The van der Waals surface area contributed by atoms with Gasteiger partial charge < -0.3 is 4.74 Å². The zero-order chi connectivity index (χ0) is 17.4. The van der Waals surface area contributed by atoms with Crippen LogP contribution in [0.25, 0.3) is 16.7 Å². The van der Waals surface area contributed by atoms with E-state index in [9.17, 15) is 4.39 Å². The Hall–Kier alpha value is -2.49. The molecule has 0 atom stereocenters. The Morgan fingerprint density at radius 2 is 2.04 bits per heavy atom. The Kier molecular flexibility index (Phi) is 4.12. The molecule has 3 heterocycles. The molecule has 1 aromatic carbocycles. The molecule has 1 aliphatic rings. The lowest BCUT2D eigenvalue weighted by Crippen LogP contribution is -2.15. The van der Waals surface area contributed by atoms with Crippen molar-refractivity contribution in [1.29, 1.82) is 5.26 Å². The van der Waals surface area contributed by atoms with Gasteiger partial charge in [0.1, 0.15) is 23.1 Å². The van der Waals surface area contributed by atoms with Crippen LogP contribution in [-0.4, -0.2) is 28.0 Å². The molecular weight excluding hydrogens is 343 g/mol. The van der Waals surface area contributed by atoms with Gasteiger partial charge in [0.15, 0.2) is 0 Å². The van der Waals surface area contributed by atoms with E-state index in [4.69, 9.17) is 26.7 Å². The number of benzene rings is 1. The standard InChI is InChI=1S/C18H14ClFN4O/c19-14-3-2-13(9-15(14)20)24-16-4-1-12(10-21)22-18(16)17(23-24)11-5-7-25-8-6-11/h1-4,9,11H,5-8H2. The molecule has 0 amide bonds. The topological polar surface area (TPSA) is 63.7 Å². The summed E-state index contributed by atoms with van der Waals surface area (Å²) in [7, 11) is 0. The average molecular weight is 357 g/mol. The van der Waals surface area contributed by atoms with Crippen molar-refractivity contribution in [3.8, 4) is 11.8 Å². The molecule has 25 heavy (non-hydrogen) atoms. The number of fused-ring (bicyclic) bond motifs is 1. The fraction of sp³-hybridized carbons (Fsp3) is 0.278. The van der Waals surface area contributed by atoms with E-state index in [1.165, 1.54) is 12.1 Å². The molecule has 1 saturated heterocycles. The number of nitrogens with zero attached hydrogens (tertiary/aromatic N) is 4. The molecule has 3 aromatic rings. The summed E-state index contributed by atoms with van der Waals surface area (Å²) in [6.07, 6.45) is 1.69. The maximum Gasteiger partial charge on any atom is 0.143 e. The van der Waals surface area contributed by atoms with Crippen LogP contribution in [0.1, 0.15) is 30.1 Å². The van der Waals surface area contributed by atoms with Crippen LogP contribution in [0.4, 0.5) is 4.39 Å². The van der Waals surface area contributed by atoms with Gasteiger partial charge in [-0.2, -0.15) is 10.4 Å². The molecule has 0 bridgehead atoms. The molecule has 0 aliphatic carbocycles. The minimum Gasteiger partial charge on any atom is -0.381 e. The Labute approximate surface area is 148 Å². The SMILES string of the molecule is N#Cc1ccc2c(n1)c(C1CCOCC1)nn2-c1ccc(Cl)c(F)c1. The maximum absolute atomic E-state index is 13.9. The van der Waals surface area contributed by atoms with E-state index in [0.717, 1.165) is 24.1 Å². The van der Waals surface area contributed by atoms with Crippen LogP contribution in [0.2, 0.25) is 5.02 Å².